The van der Waals surface area contributed by atoms with E-state index in [4.69, 9.17) is 10.8 Å². The SMILES string of the molecule is N=C/N=C\CNC(=N)n1cncn1. The van der Waals surface area contributed by atoms with Crippen LogP contribution in [0.5, 0.6) is 0 Å². The maximum Gasteiger partial charge on any atom is 0.218 e. The second kappa shape index (κ2) is 4.75. The molecule has 0 amide bonds. The Morgan fingerprint density at radius 2 is 2.54 bits per heavy atom. The van der Waals surface area contributed by atoms with Gasteiger partial charge in [0.1, 0.15) is 19.0 Å². The second-order valence-electron chi connectivity index (χ2n) is 2.03. The molecule has 1 rings (SSSR count). The molecule has 0 aliphatic heterocycles. The van der Waals surface area contributed by atoms with Crippen molar-refractivity contribution in [2.75, 3.05) is 6.54 Å². The molecule has 0 aliphatic rings. The lowest BCUT2D eigenvalue weighted by Crippen LogP contribution is -2.31. The molecule has 68 valence electrons. The van der Waals surface area contributed by atoms with Crippen molar-refractivity contribution in [3.05, 3.63) is 12.7 Å². The highest BCUT2D eigenvalue weighted by molar-refractivity contribution is 5.81. The standard InChI is InChI=1S/C6H9N7/c7-3-9-1-2-11-6(8)13-5-10-4-12-13/h1,3-5,7H,2H2,(H2,8,11)/b7-3?,9-1-. The molecule has 0 spiro atoms. The van der Waals surface area contributed by atoms with E-state index >= 15 is 0 Å². The molecule has 0 aromatic carbocycles. The molecule has 0 fully saturated rings. The van der Waals surface area contributed by atoms with Gasteiger partial charge in [0.25, 0.3) is 0 Å². The third-order valence-electron chi connectivity index (χ3n) is 1.19. The topological polar surface area (TPSA) is 103 Å². The zero-order valence-corrected chi connectivity index (χ0v) is 6.81. The van der Waals surface area contributed by atoms with E-state index in [2.05, 4.69) is 20.4 Å². The van der Waals surface area contributed by atoms with Crippen LogP contribution in [0.3, 0.4) is 0 Å². The summed E-state index contributed by atoms with van der Waals surface area (Å²) in [6.07, 6.45) is 5.18. The highest BCUT2D eigenvalue weighted by atomic mass is 15.4. The lowest BCUT2D eigenvalue weighted by Gasteiger charge is -2.02. The number of nitrogens with zero attached hydrogens (tertiary/aromatic N) is 4. The summed E-state index contributed by atoms with van der Waals surface area (Å²) >= 11 is 0. The fourth-order valence-corrected chi connectivity index (χ4v) is 0.652. The van der Waals surface area contributed by atoms with Crippen LogP contribution in [0.1, 0.15) is 0 Å². The number of rotatable bonds is 3. The minimum atomic E-state index is 0.119. The molecule has 3 N–H and O–H groups in total. The van der Waals surface area contributed by atoms with Gasteiger partial charge in [-0.3, -0.25) is 10.8 Å². The average Bonchev–Trinajstić information content (AvgIpc) is 2.65. The van der Waals surface area contributed by atoms with E-state index in [9.17, 15) is 0 Å². The smallest absolute Gasteiger partial charge is 0.218 e. The highest BCUT2D eigenvalue weighted by Crippen LogP contribution is 1.75. The molecule has 0 aliphatic carbocycles. The fourth-order valence-electron chi connectivity index (χ4n) is 0.652. The number of aliphatic imine (C=N–C) groups is 1. The first-order chi connectivity index (χ1) is 6.34. The van der Waals surface area contributed by atoms with Crippen molar-refractivity contribution in [1.29, 1.82) is 10.8 Å². The van der Waals surface area contributed by atoms with Gasteiger partial charge in [-0.2, -0.15) is 9.78 Å². The normalized spacial score (nSPS) is 10.2. The molecule has 0 saturated heterocycles. The Morgan fingerprint density at radius 1 is 1.69 bits per heavy atom. The lowest BCUT2D eigenvalue weighted by atomic mass is 10.7. The van der Waals surface area contributed by atoms with Crippen molar-refractivity contribution in [2.24, 2.45) is 4.99 Å². The summed E-state index contributed by atoms with van der Waals surface area (Å²) in [5.41, 5.74) is 0. The molecule has 13 heavy (non-hydrogen) atoms. The van der Waals surface area contributed by atoms with Crippen LogP contribution in [-0.4, -0.2) is 39.8 Å². The van der Waals surface area contributed by atoms with E-state index < -0.39 is 0 Å². The van der Waals surface area contributed by atoms with Gasteiger partial charge in [0, 0.05) is 6.21 Å². The van der Waals surface area contributed by atoms with Crippen LogP contribution in [0.25, 0.3) is 0 Å². The molecule has 7 heteroatoms. The third-order valence-corrected chi connectivity index (χ3v) is 1.19. The summed E-state index contributed by atoms with van der Waals surface area (Å²) in [7, 11) is 0. The van der Waals surface area contributed by atoms with Crippen LogP contribution in [0.15, 0.2) is 17.6 Å². The van der Waals surface area contributed by atoms with E-state index in [1.165, 1.54) is 23.6 Å². The maximum atomic E-state index is 7.41. The van der Waals surface area contributed by atoms with Gasteiger partial charge in [-0.1, -0.05) is 0 Å². The zero-order chi connectivity index (χ0) is 9.52. The van der Waals surface area contributed by atoms with Crippen molar-refractivity contribution in [1.82, 2.24) is 20.1 Å². The minimum absolute atomic E-state index is 0.119. The second-order valence-corrected chi connectivity index (χ2v) is 2.03. The minimum Gasteiger partial charge on any atom is -0.350 e. The van der Waals surface area contributed by atoms with Gasteiger partial charge in [-0.25, -0.2) is 9.98 Å². The van der Waals surface area contributed by atoms with Crippen molar-refractivity contribution in [3.8, 4) is 0 Å². The van der Waals surface area contributed by atoms with Crippen molar-refractivity contribution < 1.29 is 0 Å². The van der Waals surface area contributed by atoms with Crippen LogP contribution < -0.4 is 5.32 Å². The molecule has 0 unspecified atom stereocenters. The van der Waals surface area contributed by atoms with Crippen LogP contribution >= 0.6 is 0 Å². The van der Waals surface area contributed by atoms with Crippen LogP contribution in [0, 0.1) is 10.8 Å². The Labute approximate surface area is 74.5 Å². The number of nitrogens with one attached hydrogen (secondary N) is 3. The molecule has 0 saturated carbocycles. The third kappa shape index (κ3) is 2.81. The van der Waals surface area contributed by atoms with Gasteiger partial charge in [0.15, 0.2) is 0 Å². The molecular weight excluding hydrogens is 170 g/mol. The largest absolute Gasteiger partial charge is 0.350 e. The highest BCUT2D eigenvalue weighted by Gasteiger charge is 1.96. The molecular formula is C6H9N7. The van der Waals surface area contributed by atoms with Crippen molar-refractivity contribution in [3.63, 3.8) is 0 Å². The molecule has 0 bridgehead atoms. The van der Waals surface area contributed by atoms with E-state index in [0.29, 0.717) is 6.54 Å². The summed E-state index contributed by atoms with van der Waals surface area (Å²) in [4.78, 5) is 7.23. The average molecular weight is 179 g/mol. The lowest BCUT2D eigenvalue weighted by molar-refractivity contribution is 0.855. The van der Waals surface area contributed by atoms with Gasteiger partial charge >= 0.3 is 0 Å². The van der Waals surface area contributed by atoms with Crippen LogP contribution in [0.4, 0.5) is 0 Å². The van der Waals surface area contributed by atoms with E-state index in [1.54, 1.807) is 0 Å². The van der Waals surface area contributed by atoms with Gasteiger partial charge in [0.2, 0.25) is 5.96 Å². The van der Waals surface area contributed by atoms with E-state index in [0.717, 1.165) is 6.34 Å². The fraction of sp³-hybridized carbons (Fsp3) is 0.167. The first-order valence-corrected chi connectivity index (χ1v) is 3.52. The number of aromatic nitrogens is 3. The molecule has 7 nitrogen and oxygen atoms in total. The predicted octanol–water partition coefficient (Wildman–Crippen LogP) is -0.672. The molecule has 1 aromatic heterocycles. The summed E-state index contributed by atoms with van der Waals surface area (Å²) in [6, 6.07) is 0. The quantitative estimate of drug-likeness (QED) is 0.423. The zero-order valence-electron chi connectivity index (χ0n) is 6.81. The van der Waals surface area contributed by atoms with Crippen LogP contribution in [-0.2, 0) is 0 Å². The monoisotopic (exact) mass is 179 g/mol. The van der Waals surface area contributed by atoms with Gasteiger partial charge in [-0.05, 0) is 0 Å². The molecule has 0 radical (unpaired) electrons. The maximum absolute atomic E-state index is 7.41. The van der Waals surface area contributed by atoms with Crippen molar-refractivity contribution in [2.45, 2.75) is 0 Å². The van der Waals surface area contributed by atoms with Gasteiger partial charge in [0.05, 0.1) is 6.54 Å². The summed E-state index contributed by atoms with van der Waals surface area (Å²) in [6.45, 7) is 0.383. The first kappa shape index (κ1) is 9.04. The molecule has 1 heterocycles. The van der Waals surface area contributed by atoms with Crippen molar-refractivity contribution >= 4 is 18.5 Å². The Kier molecular flexibility index (Phi) is 3.31. The van der Waals surface area contributed by atoms with Gasteiger partial charge in [-0.15, -0.1) is 0 Å². The Morgan fingerprint density at radius 3 is 3.15 bits per heavy atom. The van der Waals surface area contributed by atoms with E-state index in [-0.39, 0.29) is 5.96 Å². The van der Waals surface area contributed by atoms with E-state index in [1.807, 2.05) is 0 Å². The Hall–Kier alpha value is -2.05. The molecule has 0 atom stereocenters. The molecule has 1 aromatic rings. The summed E-state index contributed by atoms with van der Waals surface area (Å²) in [5, 5.41) is 20.5. The predicted molar refractivity (Wildman–Crippen MR) is 48.4 cm³/mol. The summed E-state index contributed by atoms with van der Waals surface area (Å²) < 4.78 is 1.29. The number of hydrogen-bond acceptors (Lipinski definition) is 4. The summed E-state index contributed by atoms with van der Waals surface area (Å²) in [5.74, 6) is 0.119. The first-order valence-electron chi connectivity index (χ1n) is 3.52. The Balaban J connectivity index is 2.34. The van der Waals surface area contributed by atoms with Crippen LogP contribution in [0.2, 0.25) is 0 Å². The number of hydrogen-bond donors (Lipinski definition) is 3. The Bertz CT molecular complexity index is 299. The van der Waals surface area contributed by atoms with Gasteiger partial charge < -0.3 is 5.32 Å².